The van der Waals surface area contributed by atoms with Gasteiger partial charge in [0.2, 0.25) is 0 Å². The highest BCUT2D eigenvalue weighted by atomic mass is 16.3. The molecule has 78 valence electrons. The molecular formula is C10H17N3O. The lowest BCUT2D eigenvalue weighted by molar-refractivity contribution is 0.289. The average molecular weight is 195 g/mol. The number of aromatic nitrogens is 2. The molecule has 0 fully saturated rings. The summed E-state index contributed by atoms with van der Waals surface area (Å²) in [5.41, 5.74) is 0. The molecule has 1 aromatic rings. The molecule has 1 rings (SSSR count). The van der Waals surface area contributed by atoms with Crippen LogP contribution in [-0.2, 0) is 0 Å². The van der Waals surface area contributed by atoms with Gasteiger partial charge in [0.25, 0.3) is 0 Å². The summed E-state index contributed by atoms with van der Waals surface area (Å²) in [5, 5.41) is 8.75. The molecule has 0 atom stereocenters. The van der Waals surface area contributed by atoms with Crippen molar-refractivity contribution in [1.82, 2.24) is 9.97 Å². The van der Waals surface area contributed by atoms with E-state index in [0.717, 1.165) is 31.2 Å². The standard InChI is InChI=1S/C10H17N3O/c1-3-13(7-4-8-14)10-5-6-11-9(2)12-10/h5-6,14H,3-4,7-8H2,1-2H3. The van der Waals surface area contributed by atoms with Gasteiger partial charge in [-0.2, -0.15) is 0 Å². The highest BCUT2D eigenvalue weighted by molar-refractivity contribution is 5.36. The first-order valence-corrected chi connectivity index (χ1v) is 4.93. The minimum absolute atomic E-state index is 0.223. The Labute approximate surface area is 84.6 Å². The molecule has 1 N–H and O–H groups in total. The van der Waals surface area contributed by atoms with Crippen molar-refractivity contribution in [2.24, 2.45) is 0 Å². The molecule has 1 heterocycles. The first-order valence-electron chi connectivity index (χ1n) is 4.93. The number of aliphatic hydroxyl groups is 1. The molecule has 0 spiro atoms. The first kappa shape index (κ1) is 10.9. The molecular weight excluding hydrogens is 178 g/mol. The third-order valence-electron chi connectivity index (χ3n) is 2.05. The Balaban J connectivity index is 2.68. The van der Waals surface area contributed by atoms with Gasteiger partial charge in [-0.25, -0.2) is 9.97 Å². The monoisotopic (exact) mass is 195 g/mol. The molecule has 0 unspecified atom stereocenters. The molecule has 1 aromatic heterocycles. The lowest BCUT2D eigenvalue weighted by Crippen LogP contribution is -2.25. The van der Waals surface area contributed by atoms with Crippen molar-refractivity contribution in [3.63, 3.8) is 0 Å². The van der Waals surface area contributed by atoms with E-state index in [2.05, 4.69) is 21.8 Å². The lowest BCUT2D eigenvalue weighted by Gasteiger charge is -2.21. The van der Waals surface area contributed by atoms with E-state index >= 15 is 0 Å². The summed E-state index contributed by atoms with van der Waals surface area (Å²) in [6, 6.07) is 1.90. The van der Waals surface area contributed by atoms with Crippen LogP contribution >= 0.6 is 0 Å². The summed E-state index contributed by atoms with van der Waals surface area (Å²) in [5.74, 6) is 1.72. The van der Waals surface area contributed by atoms with Gasteiger partial charge < -0.3 is 10.0 Å². The third-order valence-corrected chi connectivity index (χ3v) is 2.05. The number of nitrogens with zero attached hydrogens (tertiary/aromatic N) is 3. The lowest BCUT2D eigenvalue weighted by atomic mass is 10.3. The summed E-state index contributed by atoms with van der Waals surface area (Å²) < 4.78 is 0. The van der Waals surface area contributed by atoms with E-state index < -0.39 is 0 Å². The summed E-state index contributed by atoms with van der Waals surface area (Å²) in [7, 11) is 0. The van der Waals surface area contributed by atoms with Crippen LogP contribution in [0, 0.1) is 6.92 Å². The zero-order chi connectivity index (χ0) is 10.4. The summed E-state index contributed by atoms with van der Waals surface area (Å²) in [6.07, 6.45) is 2.54. The van der Waals surface area contributed by atoms with Crippen LogP contribution in [0.5, 0.6) is 0 Å². The zero-order valence-corrected chi connectivity index (χ0v) is 8.77. The smallest absolute Gasteiger partial charge is 0.132 e. The molecule has 0 amide bonds. The number of rotatable bonds is 5. The van der Waals surface area contributed by atoms with Crippen LogP contribution in [0.15, 0.2) is 12.3 Å². The molecule has 0 saturated carbocycles. The molecule has 0 radical (unpaired) electrons. The van der Waals surface area contributed by atoms with Crippen molar-refractivity contribution in [2.45, 2.75) is 20.3 Å². The van der Waals surface area contributed by atoms with E-state index in [0.29, 0.717) is 0 Å². The Hall–Kier alpha value is -1.16. The third kappa shape index (κ3) is 2.96. The Kier molecular flexibility index (Phi) is 4.32. The van der Waals surface area contributed by atoms with Gasteiger partial charge in [-0.15, -0.1) is 0 Å². The van der Waals surface area contributed by atoms with Crippen LogP contribution in [0.3, 0.4) is 0 Å². The van der Waals surface area contributed by atoms with Crippen molar-refractivity contribution in [3.8, 4) is 0 Å². The highest BCUT2D eigenvalue weighted by Gasteiger charge is 2.04. The molecule has 4 nitrogen and oxygen atoms in total. The molecule has 4 heteroatoms. The van der Waals surface area contributed by atoms with Gasteiger partial charge in [0.1, 0.15) is 11.6 Å². The van der Waals surface area contributed by atoms with Crippen LogP contribution < -0.4 is 4.90 Å². The molecule has 0 aromatic carbocycles. The molecule has 14 heavy (non-hydrogen) atoms. The second kappa shape index (κ2) is 5.54. The highest BCUT2D eigenvalue weighted by Crippen LogP contribution is 2.09. The van der Waals surface area contributed by atoms with Gasteiger partial charge in [-0.05, 0) is 26.3 Å². The van der Waals surface area contributed by atoms with Gasteiger partial charge in [-0.3, -0.25) is 0 Å². The first-order chi connectivity index (χ1) is 6.77. The van der Waals surface area contributed by atoms with Gasteiger partial charge in [0.05, 0.1) is 0 Å². The van der Waals surface area contributed by atoms with Crippen molar-refractivity contribution >= 4 is 5.82 Å². The van der Waals surface area contributed by atoms with E-state index in [1.165, 1.54) is 0 Å². The van der Waals surface area contributed by atoms with Crippen LogP contribution in [0.2, 0.25) is 0 Å². The largest absolute Gasteiger partial charge is 0.396 e. The van der Waals surface area contributed by atoms with E-state index in [9.17, 15) is 0 Å². The maximum absolute atomic E-state index is 8.75. The second-order valence-corrected chi connectivity index (χ2v) is 3.12. The zero-order valence-electron chi connectivity index (χ0n) is 8.77. The fourth-order valence-electron chi connectivity index (χ4n) is 1.32. The quantitative estimate of drug-likeness (QED) is 0.761. The Morgan fingerprint density at radius 2 is 2.29 bits per heavy atom. The number of aryl methyl sites for hydroxylation is 1. The predicted octanol–water partition coefficient (Wildman–Crippen LogP) is 0.994. The van der Waals surface area contributed by atoms with Crippen molar-refractivity contribution in [1.29, 1.82) is 0 Å². The van der Waals surface area contributed by atoms with Crippen LogP contribution in [0.4, 0.5) is 5.82 Å². The van der Waals surface area contributed by atoms with E-state index in [-0.39, 0.29) is 6.61 Å². The number of hydrogen-bond acceptors (Lipinski definition) is 4. The molecule has 0 aliphatic rings. The Morgan fingerprint density at radius 1 is 1.50 bits per heavy atom. The number of hydrogen-bond donors (Lipinski definition) is 1. The van der Waals surface area contributed by atoms with Gasteiger partial charge in [-0.1, -0.05) is 0 Å². The van der Waals surface area contributed by atoms with Crippen molar-refractivity contribution in [3.05, 3.63) is 18.1 Å². The molecule has 0 aliphatic heterocycles. The second-order valence-electron chi connectivity index (χ2n) is 3.12. The fraction of sp³-hybridized carbons (Fsp3) is 0.600. The minimum atomic E-state index is 0.223. The van der Waals surface area contributed by atoms with E-state index in [4.69, 9.17) is 5.11 Å². The summed E-state index contributed by atoms with van der Waals surface area (Å²) in [4.78, 5) is 10.5. The number of aliphatic hydroxyl groups excluding tert-OH is 1. The fourth-order valence-corrected chi connectivity index (χ4v) is 1.32. The van der Waals surface area contributed by atoms with E-state index in [1.807, 2.05) is 13.0 Å². The average Bonchev–Trinajstić information content (AvgIpc) is 2.19. The minimum Gasteiger partial charge on any atom is -0.396 e. The number of anilines is 1. The Morgan fingerprint density at radius 3 is 2.86 bits per heavy atom. The maximum Gasteiger partial charge on any atom is 0.132 e. The molecule has 0 bridgehead atoms. The summed E-state index contributed by atoms with van der Waals surface area (Å²) >= 11 is 0. The maximum atomic E-state index is 8.75. The normalized spacial score (nSPS) is 10.2. The van der Waals surface area contributed by atoms with Crippen LogP contribution in [-0.4, -0.2) is 34.8 Å². The van der Waals surface area contributed by atoms with E-state index in [1.54, 1.807) is 6.20 Å². The topological polar surface area (TPSA) is 49.2 Å². The van der Waals surface area contributed by atoms with Crippen LogP contribution in [0.1, 0.15) is 19.2 Å². The molecule has 0 aliphatic carbocycles. The van der Waals surface area contributed by atoms with Gasteiger partial charge in [0.15, 0.2) is 0 Å². The van der Waals surface area contributed by atoms with Gasteiger partial charge in [0, 0.05) is 25.9 Å². The summed E-state index contributed by atoms with van der Waals surface area (Å²) in [6.45, 7) is 5.92. The SMILES string of the molecule is CCN(CCCO)c1ccnc(C)n1. The predicted molar refractivity (Wildman–Crippen MR) is 56.4 cm³/mol. The van der Waals surface area contributed by atoms with Crippen LogP contribution in [0.25, 0.3) is 0 Å². The van der Waals surface area contributed by atoms with Crippen molar-refractivity contribution < 1.29 is 5.11 Å². The Bertz CT molecular complexity index is 278. The molecule has 0 saturated heterocycles. The van der Waals surface area contributed by atoms with Crippen molar-refractivity contribution in [2.75, 3.05) is 24.6 Å². The van der Waals surface area contributed by atoms with Gasteiger partial charge >= 0.3 is 0 Å².